The van der Waals surface area contributed by atoms with E-state index in [0.29, 0.717) is 32.4 Å². The van der Waals surface area contributed by atoms with Crippen LogP contribution in [0.4, 0.5) is 8.78 Å². The summed E-state index contributed by atoms with van der Waals surface area (Å²) in [6.07, 6.45) is 1.94. The highest BCUT2D eigenvalue weighted by molar-refractivity contribution is 5.94. The molecular weight excluding hydrogens is 280 g/mol. The molecule has 21 heavy (non-hydrogen) atoms. The van der Waals surface area contributed by atoms with Gasteiger partial charge in [-0.05, 0) is 37.3 Å². The number of carbonyl (C=O) groups excluding carboxylic acids is 1. The molecule has 1 unspecified atom stereocenters. The molecule has 1 aliphatic rings. The lowest BCUT2D eigenvalue weighted by Gasteiger charge is -2.21. The van der Waals surface area contributed by atoms with Gasteiger partial charge in [0.25, 0.3) is 5.91 Å². The van der Waals surface area contributed by atoms with Crippen molar-refractivity contribution >= 4 is 11.9 Å². The van der Waals surface area contributed by atoms with Crippen molar-refractivity contribution in [3.05, 3.63) is 35.4 Å². The number of halogens is 2. The summed E-state index contributed by atoms with van der Waals surface area (Å²) in [5.74, 6) is -3.26. The molecule has 6 heteroatoms. The minimum Gasteiger partial charge on any atom is -0.481 e. The Labute approximate surface area is 121 Å². The van der Waals surface area contributed by atoms with E-state index in [2.05, 4.69) is 0 Å². The van der Waals surface area contributed by atoms with E-state index in [1.54, 1.807) is 0 Å². The first-order chi connectivity index (χ1) is 9.99. The van der Waals surface area contributed by atoms with Gasteiger partial charge in [0.15, 0.2) is 0 Å². The van der Waals surface area contributed by atoms with Crippen LogP contribution in [0.5, 0.6) is 0 Å². The number of aliphatic carboxylic acids is 1. The molecule has 1 fully saturated rings. The molecule has 1 heterocycles. The quantitative estimate of drug-likeness (QED) is 0.933. The predicted octanol–water partition coefficient (Wildman–Crippen LogP) is 2.68. The van der Waals surface area contributed by atoms with Crippen molar-refractivity contribution in [1.29, 1.82) is 0 Å². The van der Waals surface area contributed by atoms with E-state index in [-0.39, 0.29) is 12.3 Å². The zero-order valence-electron chi connectivity index (χ0n) is 11.5. The van der Waals surface area contributed by atoms with E-state index < -0.39 is 29.1 Å². The highest BCUT2D eigenvalue weighted by atomic mass is 19.1. The van der Waals surface area contributed by atoms with E-state index in [1.165, 1.54) is 11.0 Å². The van der Waals surface area contributed by atoms with Crippen molar-refractivity contribution in [2.24, 2.45) is 5.92 Å². The van der Waals surface area contributed by atoms with Crippen LogP contribution in [0.3, 0.4) is 0 Å². The van der Waals surface area contributed by atoms with Crippen molar-refractivity contribution in [2.45, 2.75) is 25.7 Å². The molecular formula is C15H17F2NO3. The molecule has 1 aromatic rings. The third kappa shape index (κ3) is 3.77. The summed E-state index contributed by atoms with van der Waals surface area (Å²) < 4.78 is 27.3. The Bertz CT molecular complexity index is 527. The minimum atomic E-state index is -0.869. The highest BCUT2D eigenvalue weighted by Gasteiger charge is 2.26. The summed E-state index contributed by atoms with van der Waals surface area (Å²) in [4.78, 5) is 24.4. The van der Waals surface area contributed by atoms with Crippen molar-refractivity contribution < 1.29 is 23.5 Å². The lowest BCUT2D eigenvalue weighted by molar-refractivity contribution is -0.138. The van der Waals surface area contributed by atoms with Gasteiger partial charge in [0.2, 0.25) is 0 Å². The SMILES string of the molecule is O=C(O)CC1CCCN(C(=O)c2c(F)cccc2F)CC1. The Morgan fingerprint density at radius 1 is 1.19 bits per heavy atom. The van der Waals surface area contributed by atoms with Gasteiger partial charge in [-0.2, -0.15) is 0 Å². The van der Waals surface area contributed by atoms with Crippen molar-refractivity contribution in [2.75, 3.05) is 13.1 Å². The second-order valence-corrected chi connectivity index (χ2v) is 5.28. The Morgan fingerprint density at radius 3 is 2.48 bits per heavy atom. The molecule has 1 aliphatic heterocycles. The van der Waals surface area contributed by atoms with Crippen molar-refractivity contribution in [3.8, 4) is 0 Å². The first-order valence-electron chi connectivity index (χ1n) is 6.94. The number of likely N-dealkylation sites (tertiary alicyclic amines) is 1. The fourth-order valence-corrected chi connectivity index (χ4v) is 2.68. The number of benzene rings is 1. The van der Waals surface area contributed by atoms with Crippen LogP contribution < -0.4 is 0 Å². The van der Waals surface area contributed by atoms with Crippen LogP contribution in [0.2, 0.25) is 0 Å². The van der Waals surface area contributed by atoms with Gasteiger partial charge in [0, 0.05) is 19.5 Å². The Kier molecular flexibility index (Phi) is 4.88. The number of nitrogens with zero attached hydrogens (tertiary/aromatic N) is 1. The average molecular weight is 297 g/mol. The van der Waals surface area contributed by atoms with Gasteiger partial charge < -0.3 is 10.0 Å². The van der Waals surface area contributed by atoms with Gasteiger partial charge >= 0.3 is 5.97 Å². The zero-order valence-corrected chi connectivity index (χ0v) is 11.5. The molecule has 1 N–H and O–H groups in total. The van der Waals surface area contributed by atoms with Gasteiger partial charge in [0.1, 0.15) is 17.2 Å². The number of amides is 1. The van der Waals surface area contributed by atoms with E-state index in [0.717, 1.165) is 12.1 Å². The van der Waals surface area contributed by atoms with Gasteiger partial charge in [-0.3, -0.25) is 9.59 Å². The fraction of sp³-hybridized carbons (Fsp3) is 0.467. The molecule has 0 radical (unpaired) electrons. The first kappa shape index (κ1) is 15.4. The predicted molar refractivity (Wildman–Crippen MR) is 71.9 cm³/mol. The van der Waals surface area contributed by atoms with Gasteiger partial charge in [-0.15, -0.1) is 0 Å². The maximum Gasteiger partial charge on any atom is 0.303 e. The van der Waals surface area contributed by atoms with Crippen molar-refractivity contribution in [3.63, 3.8) is 0 Å². The highest BCUT2D eigenvalue weighted by Crippen LogP contribution is 2.23. The average Bonchev–Trinajstić information content (AvgIpc) is 2.63. The van der Waals surface area contributed by atoms with E-state index in [4.69, 9.17) is 5.11 Å². The maximum absolute atomic E-state index is 13.6. The minimum absolute atomic E-state index is 0.00534. The molecule has 4 nitrogen and oxygen atoms in total. The topological polar surface area (TPSA) is 57.6 Å². The normalized spacial score (nSPS) is 19.1. The molecule has 0 spiro atoms. The number of carbonyl (C=O) groups is 2. The molecule has 1 atom stereocenters. The zero-order chi connectivity index (χ0) is 15.4. The van der Waals surface area contributed by atoms with Crippen LogP contribution in [0.15, 0.2) is 18.2 Å². The van der Waals surface area contributed by atoms with Crippen LogP contribution >= 0.6 is 0 Å². The number of carboxylic acid groups (broad SMARTS) is 1. The maximum atomic E-state index is 13.6. The van der Waals surface area contributed by atoms with Crippen LogP contribution in [-0.2, 0) is 4.79 Å². The summed E-state index contributed by atoms with van der Waals surface area (Å²) >= 11 is 0. The summed E-state index contributed by atoms with van der Waals surface area (Å²) in [7, 11) is 0. The largest absolute Gasteiger partial charge is 0.481 e. The molecule has 1 aromatic carbocycles. The molecule has 1 amide bonds. The van der Waals surface area contributed by atoms with Crippen LogP contribution in [-0.4, -0.2) is 35.0 Å². The molecule has 2 rings (SSSR count). The number of rotatable bonds is 3. The summed E-state index contributed by atoms with van der Waals surface area (Å²) in [6, 6.07) is 3.33. The molecule has 0 saturated carbocycles. The van der Waals surface area contributed by atoms with E-state index in [9.17, 15) is 18.4 Å². The summed E-state index contributed by atoms with van der Waals surface area (Å²) in [6.45, 7) is 0.716. The molecule has 114 valence electrons. The van der Waals surface area contributed by atoms with E-state index in [1.807, 2.05) is 0 Å². The van der Waals surface area contributed by atoms with Gasteiger partial charge in [0.05, 0.1) is 0 Å². The monoisotopic (exact) mass is 297 g/mol. The molecule has 0 aliphatic carbocycles. The number of hydrogen-bond donors (Lipinski definition) is 1. The van der Waals surface area contributed by atoms with Crippen LogP contribution in [0.1, 0.15) is 36.0 Å². The lowest BCUT2D eigenvalue weighted by atomic mass is 9.97. The van der Waals surface area contributed by atoms with Crippen LogP contribution in [0.25, 0.3) is 0 Å². The van der Waals surface area contributed by atoms with E-state index >= 15 is 0 Å². The van der Waals surface area contributed by atoms with Gasteiger partial charge in [-0.1, -0.05) is 6.07 Å². The second kappa shape index (κ2) is 6.65. The number of hydrogen-bond acceptors (Lipinski definition) is 2. The van der Waals surface area contributed by atoms with Gasteiger partial charge in [-0.25, -0.2) is 8.78 Å². The number of carboxylic acids is 1. The molecule has 0 aromatic heterocycles. The fourth-order valence-electron chi connectivity index (χ4n) is 2.68. The summed E-state index contributed by atoms with van der Waals surface area (Å²) in [5, 5.41) is 8.80. The Hall–Kier alpha value is -1.98. The lowest BCUT2D eigenvalue weighted by Crippen LogP contribution is -2.33. The molecule has 1 saturated heterocycles. The first-order valence-corrected chi connectivity index (χ1v) is 6.94. The third-order valence-electron chi connectivity index (χ3n) is 3.77. The second-order valence-electron chi connectivity index (χ2n) is 5.28. The standard InChI is InChI=1S/C15H17F2NO3/c16-11-4-1-5-12(17)14(11)15(21)18-7-2-3-10(6-8-18)9-13(19)20/h1,4-5,10H,2-3,6-9H2,(H,19,20). The third-order valence-corrected chi connectivity index (χ3v) is 3.77. The summed E-state index contributed by atoms with van der Waals surface area (Å²) in [5.41, 5.74) is -0.533. The molecule has 0 bridgehead atoms. The smallest absolute Gasteiger partial charge is 0.303 e. The Balaban J connectivity index is 2.08. The Morgan fingerprint density at radius 2 is 1.86 bits per heavy atom. The van der Waals surface area contributed by atoms with Crippen LogP contribution in [0, 0.1) is 17.6 Å². The van der Waals surface area contributed by atoms with Crippen molar-refractivity contribution in [1.82, 2.24) is 4.90 Å².